The Morgan fingerprint density at radius 2 is 2.00 bits per heavy atom. The number of nitrogens with two attached hydrogens (primary N) is 1. The number of aryl methyl sites for hydroxylation is 2. The fraction of sp³-hybridized carbons (Fsp3) is 0.250. The Labute approximate surface area is 122 Å². The predicted octanol–water partition coefficient (Wildman–Crippen LogP) is 2.07. The Morgan fingerprint density at radius 1 is 1.35 bits per heavy atom. The summed E-state index contributed by atoms with van der Waals surface area (Å²) in [4.78, 5) is -0.00967. The van der Waals surface area contributed by atoms with E-state index in [4.69, 9.17) is 17.3 Å². The fourth-order valence-corrected chi connectivity index (χ4v) is 3.35. The number of aromatic nitrogens is 2. The lowest BCUT2D eigenvalue weighted by atomic mass is 10.3. The molecule has 1 aromatic heterocycles. The van der Waals surface area contributed by atoms with E-state index in [0.29, 0.717) is 16.4 Å². The molecule has 108 valence electrons. The lowest BCUT2D eigenvalue weighted by Gasteiger charge is -2.10. The van der Waals surface area contributed by atoms with Crippen molar-refractivity contribution in [1.82, 2.24) is 9.78 Å². The second-order valence-electron chi connectivity index (χ2n) is 4.46. The van der Waals surface area contributed by atoms with Crippen LogP contribution < -0.4 is 10.5 Å². The summed E-state index contributed by atoms with van der Waals surface area (Å²) in [5.41, 5.74) is 7.60. The number of rotatable bonds is 3. The first-order valence-corrected chi connectivity index (χ1v) is 7.66. The van der Waals surface area contributed by atoms with Gasteiger partial charge in [-0.25, -0.2) is 8.42 Å². The number of nitrogen functional groups attached to an aromatic ring is 1. The van der Waals surface area contributed by atoms with Crippen molar-refractivity contribution in [3.63, 3.8) is 0 Å². The SMILES string of the molecule is Cc1nn(C)c(C)c1NS(=O)(=O)c1ccc(Cl)cc1N. The van der Waals surface area contributed by atoms with Gasteiger partial charge in [-0.2, -0.15) is 5.10 Å². The van der Waals surface area contributed by atoms with Crippen molar-refractivity contribution >= 4 is 33.0 Å². The monoisotopic (exact) mass is 314 g/mol. The van der Waals surface area contributed by atoms with Crippen LogP contribution in [0.15, 0.2) is 23.1 Å². The van der Waals surface area contributed by atoms with E-state index in [1.807, 2.05) is 0 Å². The summed E-state index contributed by atoms with van der Waals surface area (Å²) in [6, 6.07) is 4.26. The molecule has 0 saturated heterocycles. The van der Waals surface area contributed by atoms with Gasteiger partial charge in [0.05, 0.1) is 22.8 Å². The largest absolute Gasteiger partial charge is 0.398 e. The van der Waals surface area contributed by atoms with Gasteiger partial charge in [0.1, 0.15) is 4.90 Å². The smallest absolute Gasteiger partial charge is 0.264 e. The first-order valence-electron chi connectivity index (χ1n) is 5.80. The van der Waals surface area contributed by atoms with E-state index in [1.165, 1.54) is 18.2 Å². The zero-order chi connectivity index (χ0) is 15.1. The number of nitrogens with zero attached hydrogens (tertiary/aromatic N) is 2. The molecule has 0 aliphatic rings. The molecule has 6 nitrogen and oxygen atoms in total. The maximum atomic E-state index is 12.4. The Kier molecular flexibility index (Phi) is 3.66. The molecule has 0 spiro atoms. The standard InChI is InChI=1S/C12H15ClN4O2S/c1-7-12(8(2)17(3)15-7)16-20(18,19)11-5-4-9(13)6-10(11)14/h4-6,16H,14H2,1-3H3. The maximum absolute atomic E-state index is 12.4. The molecule has 0 fully saturated rings. The summed E-state index contributed by atoms with van der Waals surface area (Å²) in [5, 5.41) is 4.55. The summed E-state index contributed by atoms with van der Waals surface area (Å²) in [6.07, 6.45) is 0. The van der Waals surface area contributed by atoms with E-state index in [0.717, 1.165) is 5.69 Å². The lowest BCUT2D eigenvalue weighted by Crippen LogP contribution is -2.15. The van der Waals surface area contributed by atoms with Gasteiger partial charge in [-0.1, -0.05) is 11.6 Å². The van der Waals surface area contributed by atoms with Gasteiger partial charge in [-0.05, 0) is 32.0 Å². The number of sulfonamides is 1. The molecule has 0 aliphatic heterocycles. The van der Waals surface area contributed by atoms with Crippen LogP contribution in [0.3, 0.4) is 0 Å². The summed E-state index contributed by atoms with van der Waals surface area (Å²) in [7, 11) is -2.03. The third-order valence-electron chi connectivity index (χ3n) is 3.01. The molecule has 1 aromatic carbocycles. The van der Waals surface area contributed by atoms with Crippen LogP contribution in [0.25, 0.3) is 0 Å². The van der Waals surface area contributed by atoms with E-state index in [1.54, 1.807) is 25.6 Å². The molecular formula is C12H15ClN4O2S. The highest BCUT2D eigenvalue weighted by Crippen LogP contribution is 2.27. The number of hydrogen-bond donors (Lipinski definition) is 2. The van der Waals surface area contributed by atoms with E-state index in [9.17, 15) is 8.42 Å². The van der Waals surface area contributed by atoms with Gasteiger partial charge in [-0.3, -0.25) is 9.40 Å². The average Bonchev–Trinajstić information content (AvgIpc) is 2.55. The zero-order valence-electron chi connectivity index (χ0n) is 11.3. The highest BCUT2D eigenvalue weighted by molar-refractivity contribution is 7.92. The summed E-state index contributed by atoms with van der Waals surface area (Å²) >= 11 is 5.77. The van der Waals surface area contributed by atoms with Crippen molar-refractivity contribution in [2.75, 3.05) is 10.5 Å². The minimum absolute atomic E-state index is 0.00967. The average molecular weight is 315 g/mol. The molecule has 0 radical (unpaired) electrons. The highest BCUT2D eigenvalue weighted by atomic mass is 35.5. The van der Waals surface area contributed by atoms with Gasteiger partial charge >= 0.3 is 0 Å². The van der Waals surface area contributed by atoms with E-state index < -0.39 is 10.0 Å². The number of nitrogens with one attached hydrogen (secondary N) is 1. The molecule has 2 rings (SSSR count). The number of halogens is 1. The molecule has 0 unspecified atom stereocenters. The predicted molar refractivity (Wildman–Crippen MR) is 79.4 cm³/mol. The topological polar surface area (TPSA) is 90.0 Å². The molecule has 0 saturated carbocycles. The van der Waals surface area contributed by atoms with Gasteiger partial charge in [0, 0.05) is 12.1 Å². The number of anilines is 2. The van der Waals surface area contributed by atoms with Gasteiger partial charge in [-0.15, -0.1) is 0 Å². The molecule has 8 heteroatoms. The van der Waals surface area contributed by atoms with Crippen molar-refractivity contribution in [3.05, 3.63) is 34.6 Å². The third-order valence-corrected chi connectivity index (χ3v) is 4.67. The molecule has 2 aromatic rings. The second kappa shape index (κ2) is 4.99. The molecule has 20 heavy (non-hydrogen) atoms. The van der Waals surface area contributed by atoms with Crippen molar-refractivity contribution in [3.8, 4) is 0 Å². The van der Waals surface area contributed by atoms with E-state index in [-0.39, 0.29) is 10.6 Å². The lowest BCUT2D eigenvalue weighted by molar-refractivity contribution is 0.601. The summed E-state index contributed by atoms with van der Waals surface area (Å²) in [6.45, 7) is 3.51. The van der Waals surface area contributed by atoms with Crippen LogP contribution in [0.1, 0.15) is 11.4 Å². The van der Waals surface area contributed by atoms with Gasteiger partial charge in [0.2, 0.25) is 0 Å². The van der Waals surface area contributed by atoms with Crippen LogP contribution in [-0.4, -0.2) is 18.2 Å². The van der Waals surface area contributed by atoms with Gasteiger partial charge < -0.3 is 5.73 Å². The molecule has 3 N–H and O–H groups in total. The molecule has 0 bridgehead atoms. The van der Waals surface area contributed by atoms with Crippen LogP contribution in [0.4, 0.5) is 11.4 Å². The Bertz CT molecular complexity index is 768. The van der Waals surface area contributed by atoms with E-state index >= 15 is 0 Å². The van der Waals surface area contributed by atoms with Crippen molar-refractivity contribution in [2.45, 2.75) is 18.7 Å². The van der Waals surface area contributed by atoms with Crippen LogP contribution in [-0.2, 0) is 17.1 Å². The first-order chi connectivity index (χ1) is 9.22. The first kappa shape index (κ1) is 14.7. The normalized spacial score (nSPS) is 11.6. The Morgan fingerprint density at radius 3 is 2.50 bits per heavy atom. The third kappa shape index (κ3) is 2.59. The molecule has 0 atom stereocenters. The minimum Gasteiger partial charge on any atom is -0.398 e. The molecule has 0 amide bonds. The minimum atomic E-state index is -3.78. The quantitative estimate of drug-likeness (QED) is 0.849. The van der Waals surface area contributed by atoms with Crippen molar-refractivity contribution in [1.29, 1.82) is 0 Å². The van der Waals surface area contributed by atoms with E-state index in [2.05, 4.69) is 9.82 Å². The highest BCUT2D eigenvalue weighted by Gasteiger charge is 2.21. The van der Waals surface area contributed by atoms with Gasteiger partial charge in [0.15, 0.2) is 0 Å². The van der Waals surface area contributed by atoms with Crippen LogP contribution in [0, 0.1) is 13.8 Å². The maximum Gasteiger partial charge on any atom is 0.264 e. The van der Waals surface area contributed by atoms with Crippen LogP contribution >= 0.6 is 11.6 Å². The molecule has 0 aliphatic carbocycles. The Hall–Kier alpha value is -1.73. The fourth-order valence-electron chi connectivity index (χ4n) is 1.87. The second-order valence-corrected chi connectivity index (χ2v) is 6.54. The summed E-state index contributed by atoms with van der Waals surface area (Å²) in [5.74, 6) is 0. The Balaban J connectivity index is 2.46. The number of benzene rings is 1. The van der Waals surface area contributed by atoms with Crippen LogP contribution in [0.2, 0.25) is 5.02 Å². The van der Waals surface area contributed by atoms with Crippen molar-refractivity contribution in [2.24, 2.45) is 7.05 Å². The number of hydrogen-bond acceptors (Lipinski definition) is 4. The molecular weight excluding hydrogens is 300 g/mol. The van der Waals surface area contributed by atoms with Crippen LogP contribution in [0.5, 0.6) is 0 Å². The molecule has 1 heterocycles. The zero-order valence-corrected chi connectivity index (χ0v) is 12.9. The van der Waals surface area contributed by atoms with Gasteiger partial charge in [0.25, 0.3) is 10.0 Å². The summed E-state index contributed by atoms with van der Waals surface area (Å²) < 4.78 is 28.9. The van der Waals surface area contributed by atoms with Crippen molar-refractivity contribution < 1.29 is 8.42 Å².